The highest BCUT2D eigenvalue weighted by molar-refractivity contribution is 4.98. The maximum Gasteiger partial charge on any atom is 0.169 e. The summed E-state index contributed by atoms with van der Waals surface area (Å²) in [5, 5.41) is 3.45. The van der Waals surface area contributed by atoms with Crippen LogP contribution in [0.2, 0.25) is 0 Å². The summed E-state index contributed by atoms with van der Waals surface area (Å²) < 4.78 is 16.3. The Kier molecular flexibility index (Phi) is 4.35. The minimum absolute atomic E-state index is 0.0587. The maximum atomic E-state index is 6.00. The number of rotatable bonds is 5. The highest BCUT2D eigenvalue weighted by atomic mass is 16.7. The van der Waals surface area contributed by atoms with Gasteiger partial charge in [-0.1, -0.05) is 0 Å². The molecule has 0 aromatic heterocycles. The average Bonchev–Trinajstić information content (AvgIpc) is 2.36. The Labute approximate surface area is 98.6 Å². The summed E-state index contributed by atoms with van der Waals surface area (Å²) in [4.78, 5) is 0. The van der Waals surface area contributed by atoms with Crippen molar-refractivity contribution in [2.45, 2.75) is 57.6 Å². The van der Waals surface area contributed by atoms with Crippen molar-refractivity contribution in [3.05, 3.63) is 0 Å². The second kappa shape index (κ2) is 5.00. The summed E-state index contributed by atoms with van der Waals surface area (Å²) >= 11 is 0. The first kappa shape index (κ1) is 13.9. The molecule has 1 atom stereocenters. The SMILES string of the molecule is COC(CNC1CC(C)(C)OC1(C)C)OC. The zero-order chi connectivity index (χ0) is 12.4. The van der Waals surface area contributed by atoms with Crippen LogP contribution >= 0.6 is 0 Å². The molecule has 0 aliphatic carbocycles. The van der Waals surface area contributed by atoms with Crippen molar-refractivity contribution >= 4 is 0 Å². The number of methoxy groups -OCH3 is 2. The molecular formula is C12H25NO3. The van der Waals surface area contributed by atoms with Gasteiger partial charge in [-0.2, -0.15) is 0 Å². The molecule has 1 heterocycles. The Morgan fingerprint density at radius 1 is 1.25 bits per heavy atom. The number of hydrogen-bond acceptors (Lipinski definition) is 4. The maximum absolute atomic E-state index is 6.00. The molecule has 0 amide bonds. The zero-order valence-corrected chi connectivity index (χ0v) is 11.3. The summed E-state index contributed by atoms with van der Waals surface area (Å²) in [7, 11) is 3.30. The number of hydrogen-bond donors (Lipinski definition) is 1. The molecule has 16 heavy (non-hydrogen) atoms. The lowest BCUT2D eigenvalue weighted by atomic mass is 9.94. The van der Waals surface area contributed by atoms with Crippen LogP contribution < -0.4 is 5.32 Å². The van der Waals surface area contributed by atoms with Crippen LogP contribution in [0.4, 0.5) is 0 Å². The van der Waals surface area contributed by atoms with Gasteiger partial charge in [0.25, 0.3) is 0 Å². The average molecular weight is 231 g/mol. The third-order valence-corrected chi connectivity index (χ3v) is 3.13. The zero-order valence-electron chi connectivity index (χ0n) is 11.3. The van der Waals surface area contributed by atoms with E-state index >= 15 is 0 Å². The van der Waals surface area contributed by atoms with E-state index in [0.29, 0.717) is 12.6 Å². The van der Waals surface area contributed by atoms with E-state index in [1.807, 2.05) is 0 Å². The lowest BCUT2D eigenvalue weighted by Crippen LogP contribution is -2.46. The summed E-state index contributed by atoms with van der Waals surface area (Å²) in [6, 6.07) is 0.329. The van der Waals surface area contributed by atoms with Crippen LogP contribution in [0.3, 0.4) is 0 Å². The molecule has 4 nitrogen and oxygen atoms in total. The first-order chi connectivity index (χ1) is 7.30. The minimum Gasteiger partial charge on any atom is -0.368 e. The van der Waals surface area contributed by atoms with Crippen LogP contribution in [0, 0.1) is 0 Å². The Morgan fingerprint density at radius 3 is 2.19 bits per heavy atom. The van der Waals surface area contributed by atoms with E-state index in [4.69, 9.17) is 14.2 Å². The van der Waals surface area contributed by atoms with E-state index in [2.05, 4.69) is 33.0 Å². The molecule has 1 aliphatic heterocycles. The van der Waals surface area contributed by atoms with E-state index in [-0.39, 0.29) is 17.5 Å². The van der Waals surface area contributed by atoms with Crippen LogP contribution in [0.5, 0.6) is 0 Å². The topological polar surface area (TPSA) is 39.7 Å². The largest absolute Gasteiger partial charge is 0.368 e. The Morgan fingerprint density at radius 2 is 1.81 bits per heavy atom. The Hall–Kier alpha value is -0.160. The predicted octanol–water partition coefficient (Wildman–Crippen LogP) is 1.54. The molecule has 1 unspecified atom stereocenters. The minimum atomic E-state index is -0.195. The molecule has 4 heteroatoms. The van der Waals surface area contributed by atoms with Gasteiger partial charge in [-0.25, -0.2) is 0 Å². The van der Waals surface area contributed by atoms with Gasteiger partial charge in [0, 0.05) is 26.8 Å². The Bertz CT molecular complexity index is 224. The van der Waals surface area contributed by atoms with Crippen molar-refractivity contribution in [2.24, 2.45) is 0 Å². The van der Waals surface area contributed by atoms with Crippen molar-refractivity contribution in [3.63, 3.8) is 0 Å². The molecule has 0 saturated carbocycles. The van der Waals surface area contributed by atoms with Crippen molar-refractivity contribution in [1.29, 1.82) is 0 Å². The first-order valence-electron chi connectivity index (χ1n) is 5.80. The van der Waals surface area contributed by atoms with Gasteiger partial charge >= 0.3 is 0 Å². The van der Waals surface area contributed by atoms with Gasteiger partial charge in [0.15, 0.2) is 6.29 Å². The summed E-state index contributed by atoms with van der Waals surface area (Å²) in [6.07, 6.45) is 0.805. The first-order valence-corrected chi connectivity index (χ1v) is 5.80. The van der Waals surface area contributed by atoms with E-state index < -0.39 is 0 Å². The third kappa shape index (κ3) is 3.42. The molecule has 96 valence electrons. The van der Waals surface area contributed by atoms with E-state index in [1.165, 1.54) is 0 Å². The summed E-state index contributed by atoms with van der Waals surface area (Å²) in [5.41, 5.74) is -0.202. The van der Waals surface area contributed by atoms with Gasteiger partial charge in [-0.3, -0.25) is 0 Å². The third-order valence-electron chi connectivity index (χ3n) is 3.13. The van der Waals surface area contributed by atoms with Crippen molar-refractivity contribution < 1.29 is 14.2 Å². The molecule has 0 spiro atoms. The molecule has 0 aromatic rings. The van der Waals surface area contributed by atoms with Gasteiger partial charge in [0.05, 0.1) is 11.2 Å². The lowest BCUT2D eigenvalue weighted by molar-refractivity contribution is -0.104. The number of nitrogens with one attached hydrogen (secondary N) is 1. The quantitative estimate of drug-likeness (QED) is 0.729. The predicted molar refractivity (Wildman–Crippen MR) is 63.5 cm³/mol. The molecular weight excluding hydrogens is 206 g/mol. The van der Waals surface area contributed by atoms with Crippen molar-refractivity contribution in [1.82, 2.24) is 5.32 Å². The van der Waals surface area contributed by atoms with E-state index in [0.717, 1.165) is 6.42 Å². The second-order valence-corrected chi connectivity index (χ2v) is 5.53. The van der Waals surface area contributed by atoms with Crippen LogP contribution in [0.25, 0.3) is 0 Å². The molecule has 1 fully saturated rings. The van der Waals surface area contributed by atoms with Crippen LogP contribution in [0.1, 0.15) is 34.1 Å². The van der Waals surface area contributed by atoms with Crippen molar-refractivity contribution in [2.75, 3.05) is 20.8 Å². The summed E-state index contributed by atoms with van der Waals surface area (Å²) in [6.45, 7) is 9.17. The fourth-order valence-electron chi connectivity index (χ4n) is 2.38. The van der Waals surface area contributed by atoms with Crippen LogP contribution in [-0.2, 0) is 14.2 Å². The normalized spacial score (nSPS) is 27.6. The summed E-state index contributed by atoms with van der Waals surface area (Å²) in [5.74, 6) is 0. The highest BCUT2D eigenvalue weighted by Crippen LogP contribution is 2.37. The van der Waals surface area contributed by atoms with Gasteiger partial charge < -0.3 is 19.5 Å². The van der Waals surface area contributed by atoms with Gasteiger partial charge in [-0.15, -0.1) is 0 Å². The fraction of sp³-hybridized carbons (Fsp3) is 1.00. The highest BCUT2D eigenvalue weighted by Gasteiger charge is 2.45. The molecule has 0 aromatic carbocycles. The van der Waals surface area contributed by atoms with E-state index in [9.17, 15) is 0 Å². The number of ether oxygens (including phenoxy) is 3. The fourth-order valence-corrected chi connectivity index (χ4v) is 2.38. The molecule has 1 rings (SSSR count). The van der Waals surface area contributed by atoms with Crippen molar-refractivity contribution in [3.8, 4) is 0 Å². The smallest absolute Gasteiger partial charge is 0.169 e. The standard InChI is InChI=1S/C12H25NO3/c1-11(2)7-9(12(3,4)16-11)13-8-10(14-5)15-6/h9-10,13H,7-8H2,1-6H3. The Balaban J connectivity index is 2.48. The molecule has 1 saturated heterocycles. The lowest BCUT2D eigenvalue weighted by Gasteiger charge is -2.28. The van der Waals surface area contributed by atoms with Gasteiger partial charge in [0.1, 0.15) is 0 Å². The van der Waals surface area contributed by atoms with E-state index in [1.54, 1.807) is 14.2 Å². The monoisotopic (exact) mass is 231 g/mol. The molecule has 0 bridgehead atoms. The van der Waals surface area contributed by atoms with Crippen LogP contribution in [0.15, 0.2) is 0 Å². The van der Waals surface area contributed by atoms with Gasteiger partial charge in [0.2, 0.25) is 0 Å². The molecule has 0 radical (unpaired) electrons. The molecule has 1 N–H and O–H groups in total. The second-order valence-electron chi connectivity index (χ2n) is 5.53. The van der Waals surface area contributed by atoms with Gasteiger partial charge in [-0.05, 0) is 34.1 Å². The van der Waals surface area contributed by atoms with Crippen LogP contribution in [-0.4, -0.2) is 44.3 Å². The molecule has 1 aliphatic rings.